The zero-order valence-electron chi connectivity index (χ0n) is 16.0. The van der Waals surface area contributed by atoms with Gasteiger partial charge in [0.1, 0.15) is 23.0 Å². The summed E-state index contributed by atoms with van der Waals surface area (Å²) >= 11 is 3.09. The van der Waals surface area contributed by atoms with Gasteiger partial charge in [-0.1, -0.05) is 18.2 Å². The first-order valence-corrected chi connectivity index (χ1v) is 11.7. The second-order valence-corrected chi connectivity index (χ2v) is 8.98. The summed E-state index contributed by atoms with van der Waals surface area (Å²) in [6.07, 6.45) is 4.35. The third kappa shape index (κ3) is 5.00. The molecule has 8 heteroatoms. The molecule has 0 saturated heterocycles. The highest BCUT2D eigenvalue weighted by atomic mass is 32.2. The Bertz CT molecular complexity index is 1050. The number of carbonyl (C=O) groups excluding carboxylic acids is 1. The van der Waals surface area contributed by atoms with Crippen molar-refractivity contribution in [3.8, 4) is 5.75 Å². The molecule has 0 atom stereocenters. The predicted octanol–water partition coefficient (Wildman–Crippen LogP) is 3.29. The van der Waals surface area contributed by atoms with E-state index in [0.717, 1.165) is 35.2 Å². The van der Waals surface area contributed by atoms with Gasteiger partial charge in [0.15, 0.2) is 0 Å². The number of H-pyrrole nitrogens is 1. The monoisotopic (exact) mass is 429 g/mol. The number of benzene rings is 1. The summed E-state index contributed by atoms with van der Waals surface area (Å²) in [7, 11) is 0. The number of amides is 1. The topological polar surface area (TPSA) is 84.1 Å². The molecule has 2 heterocycles. The van der Waals surface area contributed by atoms with E-state index in [1.54, 1.807) is 11.3 Å². The van der Waals surface area contributed by atoms with Gasteiger partial charge in [-0.25, -0.2) is 4.98 Å². The molecule has 0 aliphatic heterocycles. The van der Waals surface area contributed by atoms with Gasteiger partial charge in [0.2, 0.25) is 5.91 Å². The molecule has 1 aliphatic carbocycles. The van der Waals surface area contributed by atoms with Crippen molar-refractivity contribution in [2.45, 2.75) is 31.4 Å². The van der Waals surface area contributed by atoms with E-state index in [9.17, 15) is 9.59 Å². The summed E-state index contributed by atoms with van der Waals surface area (Å²) < 4.78 is 5.55. The van der Waals surface area contributed by atoms with E-state index < -0.39 is 0 Å². The molecular weight excluding hydrogens is 406 g/mol. The van der Waals surface area contributed by atoms with Gasteiger partial charge in [0.05, 0.1) is 23.4 Å². The van der Waals surface area contributed by atoms with E-state index in [-0.39, 0.29) is 11.5 Å². The fraction of sp³-hybridized carbons (Fsp3) is 0.381. The fourth-order valence-electron chi connectivity index (χ4n) is 3.44. The lowest BCUT2D eigenvalue weighted by Gasteiger charge is -2.09. The van der Waals surface area contributed by atoms with E-state index in [1.807, 2.05) is 30.3 Å². The third-order valence-corrected chi connectivity index (χ3v) is 6.91. The maximum absolute atomic E-state index is 12.5. The van der Waals surface area contributed by atoms with Gasteiger partial charge in [0, 0.05) is 4.88 Å². The van der Waals surface area contributed by atoms with Gasteiger partial charge < -0.3 is 15.0 Å². The number of aromatic nitrogens is 2. The first-order valence-electron chi connectivity index (χ1n) is 9.76. The number of nitrogens with one attached hydrogen (secondary N) is 2. The zero-order valence-corrected chi connectivity index (χ0v) is 17.7. The number of hydrogen-bond donors (Lipinski definition) is 2. The number of aryl methyl sites for hydroxylation is 2. The molecule has 4 rings (SSSR count). The number of carbonyl (C=O) groups is 1. The van der Waals surface area contributed by atoms with Crippen LogP contribution >= 0.6 is 23.1 Å². The van der Waals surface area contributed by atoms with Crippen LogP contribution in [0.3, 0.4) is 0 Å². The number of ether oxygens (including phenoxy) is 1. The Labute approximate surface area is 177 Å². The summed E-state index contributed by atoms with van der Waals surface area (Å²) in [6.45, 7) is 0.880. The van der Waals surface area contributed by atoms with Crippen LogP contribution in [0.25, 0.3) is 10.2 Å². The first kappa shape index (κ1) is 20.0. The van der Waals surface area contributed by atoms with Crippen molar-refractivity contribution in [2.24, 2.45) is 0 Å². The molecule has 152 valence electrons. The average Bonchev–Trinajstić information content (AvgIpc) is 3.11. The lowest BCUT2D eigenvalue weighted by atomic mass is 9.97. The van der Waals surface area contributed by atoms with Gasteiger partial charge in [-0.05, 0) is 43.4 Å². The van der Waals surface area contributed by atoms with Crippen molar-refractivity contribution in [1.29, 1.82) is 0 Å². The average molecular weight is 430 g/mol. The van der Waals surface area contributed by atoms with E-state index in [2.05, 4.69) is 15.3 Å². The van der Waals surface area contributed by atoms with Gasteiger partial charge >= 0.3 is 0 Å². The van der Waals surface area contributed by atoms with Crippen molar-refractivity contribution in [3.05, 3.63) is 57.0 Å². The van der Waals surface area contributed by atoms with Crippen LogP contribution in [0.4, 0.5) is 0 Å². The van der Waals surface area contributed by atoms with Crippen molar-refractivity contribution >= 4 is 39.2 Å². The fourth-order valence-corrected chi connectivity index (χ4v) is 5.44. The van der Waals surface area contributed by atoms with Gasteiger partial charge in [-0.2, -0.15) is 0 Å². The highest BCUT2D eigenvalue weighted by Gasteiger charge is 2.19. The van der Waals surface area contributed by atoms with Crippen molar-refractivity contribution in [1.82, 2.24) is 15.3 Å². The number of aromatic amines is 1. The molecule has 0 radical (unpaired) electrons. The number of fused-ring (bicyclic) bond motifs is 3. The molecule has 1 amide bonds. The van der Waals surface area contributed by atoms with Gasteiger partial charge in [-0.3, -0.25) is 9.59 Å². The normalized spacial score (nSPS) is 13.2. The maximum Gasteiger partial charge on any atom is 0.259 e. The number of thiophene rings is 1. The summed E-state index contributed by atoms with van der Waals surface area (Å²) in [5, 5.41) is 3.61. The lowest BCUT2D eigenvalue weighted by molar-refractivity contribution is -0.118. The smallest absolute Gasteiger partial charge is 0.259 e. The van der Waals surface area contributed by atoms with Crippen LogP contribution in [-0.4, -0.2) is 34.8 Å². The molecular formula is C21H23N3O3S2. The molecule has 29 heavy (non-hydrogen) atoms. The molecule has 0 spiro atoms. The van der Waals surface area contributed by atoms with Crippen molar-refractivity contribution in [2.75, 3.05) is 18.9 Å². The van der Waals surface area contributed by atoms with Crippen LogP contribution in [0, 0.1) is 0 Å². The van der Waals surface area contributed by atoms with Crippen molar-refractivity contribution in [3.63, 3.8) is 0 Å². The zero-order chi connectivity index (χ0) is 20.1. The second-order valence-electron chi connectivity index (χ2n) is 6.91. The standard InChI is InChI=1S/C21H23N3O3S2/c25-18(22-10-11-27-14-6-2-1-3-7-14)13-28-12-17-23-20(26)19-15-8-4-5-9-16(15)29-21(19)24-17/h1-3,6-7H,4-5,8-13H2,(H,22,25)(H,23,24,26). The Morgan fingerprint density at radius 2 is 2.07 bits per heavy atom. The summed E-state index contributed by atoms with van der Waals surface area (Å²) in [5.41, 5.74) is 1.15. The molecule has 0 bridgehead atoms. The molecule has 0 saturated carbocycles. The Morgan fingerprint density at radius 1 is 1.24 bits per heavy atom. The number of thioether (sulfide) groups is 1. The highest BCUT2D eigenvalue weighted by Crippen LogP contribution is 2.33. The molecule has 1 aliphatic rings. The van der Waals surface area contributed by atoms with Gasteiger partial charge in [-0.15, -0.1) is 23.1 Å². The number of nitrogens with zero attached hydrogens (tertiary/aromatic N) is 1. The minimum Gasteiger partial charge on any atom is -0.492 e. The Morgan fingerprint density at radius 3 is 2.93 bits per heavy atom. The van der Waals surface area contributed by atoms with Crippen molar-refractivity contribution < 1.29 is 9.53 Å². The Balaban J connectivity index is 1.24. The quantitative estimate of drug-likeness (QED) is 0.537. The number of hydrogen-bond acceptors (Lipinski definition) is 6. The van der Waals surface area contributed by atoms with Crippen LogP contribution in [0.5, 0.6) is 5.75 Å². The number of rotatable bonds is 8. The largest absolute Gasteiger partial charge is 0.492 e. The molecule has 1 aromatic carbocycles. The maximum atomic E-state index is 12.5. The minimum absolute atomic E-state index is 0.0486. The van der Waals surface area contributed by atoms with E-state index in [4.69, 9.17) is 4.74 Å². The summed E-state index contributed by atoms with van der Waals surface area (Å²) in [4.78, 5) is 34.2. The van der Waals surface area contributed by atoms with Gasteiger partial charge in [0.25, 0.3) is 5.56 Å². The molecule has 3 aromatic rings. The van der Waals surface area contributed by atoms with Crippen LogP contribution < -0.4 is 15.6 Å². The summed E-state index contributed by atoms with van der Waals surface area (Å²) in [6, 6.07) is 9.51. The Kier molecular flexibility index (Phi) is 6.51. The van der Waals surface area contributed by atoms with E-state index in [0.29, 0.717) is 30.5 Å². The molecule has 0 unspecified atom stereocenters. The highest BCUT2D eigenvalue weighted by molar-refractivity contribution is 7.99. The van der Waals surface area contributed by atoms with Crippen LogP contribution in [-0.2, 0) is 23.4 Å². The van der Waals surface area contributed by atoms with Crippen LogP contribution in [0.1, 0.15) is 29.1 Å². The number of para-hydroxylation sites is 1. The molecule has 2 N–H and O–H groups in total. The minimum atomic E-state index is -0.0540. The predicted molar refractivity (Wildman–Crippen MR) is 118 cm³/mol. The van der Waals surface area contributed by atoms with E-state index >= 15 is 0 Å². The van der Waals surface area contributed by atoms with Crippen LogP contribution in [0.15, 0.2) is 35.1 Å². The molecule has 6 nitrogen and oxygen atoms in total. The lowest BCUT2D eigenvalue weighted by Crippen LogP contribution is -2.29. The van der Waals surface area contributed by atoms with Crippen LogP contribution in [0.2, 0.25) is 0 Å². The SMILES string of the molecule is O=C(CSCc1nc2sc3c(c2c(=O)[nH]1)CCCC3)NCCOc1ccccc1. The molecule has 2 aromatic heterocycles. The molecule has 0 fully saturated rings. The second kappa shape index (κ2) is 9.45. The Hall–Kier alpha value is -2.32. The third-order valence-electron chi connectivity index (χ3n) is 4.78. The van der Waals surface area contributed by atoms with E-state index in [1.165, 1.54) is 28.6 Å². The summed E-state index contributed by atoms with van der Waals surface area (Å²) in [5.74, 6) is 2.18. The first-order chi connectivity index (χ1) is 14.2.